The molecule has 0 aliphatic carbocycles. The second-order valence-electron chi connectivity index (χ2n) is 4.93. The molecular weight excluding hydrogens is 250 g/mol. The molecule has 20 heavy (non-hydrogen) atoms. The van der Waals surface area contributed by atoms with Crippen molar-refractivity contribution in [2.45, 2.75) is 26.4 Å². The van der Waals surface area contributed by atoms with Crippen molar-refractivity contribution in [2.75, 3.05) is 5.32 Å². The van der Waals surface area contributed by atoms with Crippen molar-refractivity contribution >= 4 is 11.6 Å². The van der Waals surface area contributed by atoms with Crippen molar-refractivity contribution in [3.05, 3.63) is 59.9 Å². The van der Waals surface area contributed by atoms with Gasteiger partial charge in [0.25, 0.3) is 5.91 Å². The fourth-order valence-corrected chi connectivity index (χ4v) is 1.81. The molecule has 0 radical (unpaired) electrons. The zero-order valence-corrected chi connectivity index (χ0v) is 11.8. The number of nitrogens with one attached hydrogen (secondary N) is 2. The van der Waals surface area contributed by atoms with Crippen molar-refractivity contribution in [1.29, 1.82) is 0 Å². The summed E-state index contributed by atoms with van der Waals surface area (Å²) in [6.45, 7) is 4.57. The average molecular weight is 269 g/mol. The van der Waals surface area contributed by atoms with E-state index in [0.717, 1.165) is 5.69 Å². The fraction of sp³-hybridized carbons (Fsp3) is 0.250. The van der Waals surface area contributed by atoms with Gasteiger partial charge in [-0.25, -0.2) is 0 Å². The summed E-state index contributed by atoms with van der Waals surface area (Å²) >= 11 is 0. The predicted octanol–water partition coefficient (Wildman–Crippen LogP) is 2.83. The summed E-state index contributed by atoms with van der Waals surface area (Å²) in [4.78, 5) is 16.0. The van der Waals surface area contributed by atoms with Crippen LogP contribution in [0.4, 0.5) is 5.69 Å². The molecule has 104 valence electrons. The molecule has 1 amide bonds. The van der Waals surface area contributed by atoms with E-state index in [1.807, 2.05) is 38.1 Å². The number of hydrogen-bond donors (Lipinski definition) is 2. The lowest BCUT2D eigenvalue weighted by molar-refractivity contribution is 0.0943. The molecule has 0 unspecified atom stereocenters. The molecule has 0 aliphatic heterocycles. The molecule has 1 aromatic carbocycles. The van der Waals surface area contributed by atoms with Crippen molar-refractivity contribution in [3.8, 4) is 0 Å². The predicted molar refractivity (Wildman–Crippen MR) is 80.6 cm³/mol. The van der Waals surface area contributed by atoms with Gasteiger partial charge >= 0.3 is 0 Å². The van der Waals surface area contributed by atoms with Crippen LogP contribution in [-0.2, 0) is 6.54 Å². The normalized spacial score (nSPS) is 10.3. The van der Waals surface area contributed by atoms with Crippen LogP contribution in [0.15, 0.2) is 48.8 Å². The molecule has 0 saturated heterocycles. The number of amides is 1. The zero-order valence-electron chi connectivity index (χ0n) is 11.8. The van der Waals surface area contributed by atoms with Crippen LogP contribution in [-0.4, -0.2) is 16.9 Å². The Hall–Kier alpha value is -2.36. The lowest BCUT2D eigenvalue weighted by Crippen LogP contribution is -2.30. The average Bonchev–Trinajstić information content (AvgIpc) is 2.46. The molecule has 2 rings (SSSR count). The van der Waals surface area contributed by atoms with Gasteiger partial charge < -0.3 is 10.6 Å². The summed E-state index contributed by atoms with van der Waals surface area (Å²) in [5.41, 5.74) is 2.59. The second kappa shape index (κ2) is 6.70. The molecule has 0 saturated carbocycles. The first-order valence-corrected chi connectivity index (χ1v) is 6.69. The van der Waals surface area contributed by atoms with E-state index in [4.69, 9.17) is 0 Å². The van der Waals surface area contributed by atoms with Crippen LogP contribution in [0, 0.1) is 0 Å². The van der Waals surface area contributed by atoms with E-state index >= 15 is 0 Å². The van der Waals surface area contributed by atoms with Gasteiger partial charge in [0.15, 0.2) is 0 Å². The molecule has 2 aromatic rings. The number of hydrogen-bond acceptors (Lipinski definition) is 3. The van der Waals surface area contributed by atoms with Crippen LogP contribution in [0.3, 0.4) is 0 Å². The second-order valence-corrected chi connectivity index (χ2v) is 4.93. The monoisotopic (exact) mass is 269 g/mol. The Morgan fingerprint density at radius 1 is 1.20 bits per heavy atom. The van der Waals surface area contributed by atoms with E-state index < -0.39 is 0 Å². The molecule has 2 N–H and O–H groups in total. The van der Waals surface area contributed by atoms with E-state index in [9.17, 15) is 4.79 Å². The van der Waals surface area contributed by atoms with E-state index in [1.54, 1.807) is 12.4 Å². The number of aromatic nitrogens is 1. The van der Waals surface area contributed by atoms with E-state index in [1.165, 1.54) is 5.56 Å². The maximum absolute atomic E-state index is 11.9. The number of rotatable bonds is 5. The Morgan fingerprint density at radius 3 is 2.65 bits per heavy atom. The van der Waals surface area contributed by atoms with Crippen LogP contribution in [0.2, 0.25) is 0 Å². The Labute approximate surface area is 119 Å². The molecule has 0 spiro atoms. The first-order chi connectivity index (χ1) is 9.65. The summed E-state index contributed by atoms with van der Waals surface area (Å²) in [6.07, 6.45) is 3.29. The van der Waals surface area contributed by atoms with Crippen LogP contribution in [0.1, 0.15) is 29.8 Å². The van der Waals surface area contributed by atoms with Crippen molar-refractivity contribution in [3.63, 3.8) is 0 Å². The van der Waals surface area contributed by atoms with Gasteiger partial charge in [0.2, 0.25) is 0 Å². The fourth-order valence-electron chi connectivity index (χ4n) is 1.81. The van der Waals surface area contributed by atoms with E-state index in [-0.39, 0.29) is 11.9 Å². The van der Waals surface area contributed by atoms with Gasteiger partial charge in [-0.15, -0.1) is 0 Å². The summed E-state index contributed by atoms with van der Waals surface area (Å²) in [5.74, 6) is -0.101. The highest BCUT2D eigenvalue weighted by atomic mass is 16.1. The largest absolute Gasteiger partial charge is 0.380 e. The number of benzene rings is 1. The number of pyridine rings is 1. The third-order valence-electron chi connectivity index (χ3n) is 2.76. The summed E-state index contributed by atoms with van der Waals surface area (Å²) < 4.78 is 0. The Bertz CT molecular complexity index is 567. The topological polar surface area (TPSA) is 54.0 Å². The number of anilines is 1. The van der Waals surface area contributed by atoms with Gasteiger partial charge in [0.05, 0.1) is 11.3 Å². The molecule has 0 fully saturated rings. The van der Waals surface area contributed by atoms with Gasteiger partial charge in [-0.05, 0) is 25.5 Å². The number of carbonyl (C=O) groups is 1. The molecule has 0 aliphatic rings. The summed E-state index contributed by atoms with van der Waals surface area (Å²) in [7, 11) is 0. The lowest BCUT2D eigenvalue weighted by atomic mass is 10.2. The van der Waals surface area contributed by atoms with E-state index in [2.05, 4.69) is 27.8 Å². The van der Waals surface area contributed by atoms with Gasteiger partial charge in [0.1, 0.15) is 0 Å². The summed E-state index contributed by atoms with van der Waals surface area (Å²) in [5, 5.41) is 6.12. The first kappa shape index (κ1) is 14.1. The molecule has 4 nitrogen and oxygen atoms in total. The van der Waals surface area contributed by atoms with Gasteiger partial charge in [-0.2, -0.15) is 0 Å². The summed E-state index contributed by atoms with van der Waals surface area (Å²) in [6, 6.07) is 12.0. The minimum Gasteiger partial charge on any atom is -0.380 e. The Morgan fingerprint density at radius 2 is 1.95 bits per heavy atom. The van der Waals surface area contributed by atoms with Crippen LogP contribution in [0.25, 0.3) is 0 Å². The van der Waals surface area contributed by atoms with Gasteiger partial charge in [-0.3, -0.25) is 9.78 Å². The minimum atomic E-state index is -0.101. The molecule has 1 aromatic heterocycles. The smallest absolute Gasteiger partial charge is 0.253 e. The van der Waals surface area contributed by atoms with Crippen molar-refractivity contribution < 1.29 is 4.79 Å². The molecular formula is C16H19N3O. The molecule has 0 bridgehead atoms. The molecule has 0 atom stereocenters. The van der Waals surface area contributed by atoms with Crippen LogP contribution < -0.4 is 10.6 Å². The van der Waals surface area contributed by atoms with E-state index in [0.29, 0.717) is 12.1 Å². The third kappa shape index (κ3) is 4.09. The maximum atomic E-state index is 11.9. The standard InChI is InChI=1S/C16H19N3O/c1-12(2)19-16(20)14-8-15(11-17-10-14)18-9-13-6-4-3-5-7-13/h3-8,10-12,18H,9H2,1-2H3,(H,19,20). The quantitative estimate of drug-likeness (QED) is 0.877. The molecule has 1 heterocycles. The minimum absolute atomic E-state index is 0.101. The highest BCUT2D eigenvalue weighted by molar-refractivity contribution is 5.94. The Kier molecular flexibility index (Phi) is 4.71. The number of nitrogens with zero attached hydrogens (tertiary/aromatic N) is 1. The van der Waals surface area contributed by atoms with Gasteiger partial charge in [0, 0.05) is 25.0 Å². The number of carbonyl (C=O) groups excluding carboxylic acids is 1. The Balaban J connectivity index is 2.01. The van der Waals surface area contributed by atoms with Crippen molar-refractivity contribution in [1.82, 2.24) is 10.3 Å². The molecule has 4 heteroatoms. The first-order valence-electron chi connectivity index (χ1n) is 6.69. The third-order valence-corrected chi connectivity index (χ3v) is 2.76. The zero-order chi connectivity index (χ0) is 14.4. The highest BCUT2D eigenvalue weighted by Crippen LogP contribution is 2.10. The van der Waals surface area contributed by atoms with Crippen LogP contribution >= 0.6 is 0 Å². The van der Waals surface area contributed by atoms with Crippen molar-refractivity contribution in [2.24, 2.45) is 0 Å². The maximum Gasteiger partial charge on any atom is 0.253 e. The van der Waals surface area contributed by atoms with Crippen LogP contribution in [0.5, 0.6) is 0 Å². The lowest BCUT2D eigenvalue weighted by Gasteiger charge is -2.10. The van der Waals surface area contributed by atoms with Gasteiger partial charge in [-0.1, -0.05) is 30.3 Å². The SMILES string of the molecule is CC(C)NC(=O)c1cncc(NCc2ccccc2)c1. The highest BCUT2D eigenvalue weighted by Gasteiger charge is 2.07.